The number of phenolic OH excluding ortho intramolecular Hbond substituents is 1. The van der Waals surface area contributed by atoms with E-state index in [1.807, 2.05) is 23.9 Å². The number of rotatable bonds is 11. The number of hydrogen-bond donors (Lipinski definition) is 1. The second-order valence-corrected chi connectivity index (χ2v) is 11.7. The number of aromatic hydroxyl groups is 1. The van der Waals surface area contributed by atoms with Crippen LogP contribution >= 0.6 is 11.8 Å². The lowest BCUT2D eigenvalue weighted by Gasteiger charge is -2.38. The Morgan fingerprint density at radius 1 is 0.967 bits per heavy atom. The zero-order valence-corrected chi connectivity index (χ0v) is 21.2. The van der Waals surface area contributed by atoms with E-state index < -0.39 is 0 Å². The van der Waals surface area contributed by atoms with Gasteiger partial charge in [0, 0.05) is 11.3 Å². The summed E-state index contributed by atoms with van der Waals surface area (Å²) >= 11 is 1.91. The summed E-state index contributed by atoms with van der Waals surface area (Å²) in [6.45, 7) is 15.5. The van der Waals surface area contributed by atoms with Crippen molar-refractivity contribution in [2.75, 3.05) is 18.1 Å². The molecule has 0 fully saturated rings. The summed E-state index contributed by atoms with van der Waals surface area (Å²) in [4.78, 5) is 12.4. The molecule has 0 aromatic heterocycles. The van der Waals surface area contributed by atoms with Gasteiger partial charge >= 0.3 is 5.97 Å². The number of benzene rings is 1. The van der Waals surface area contributed by atoms with Crippen LogP contribution in [-0.2, 0) is 9.53 Å². The summed E-state index contributed by atoms with van der Waals surface area (Å²) in [6, 6.07) is 5.57. The lowest BCUT2D eigenvalue weighted by molar-refractivity contribution is -0.157. The van der Waals surface area contributed by atoms with Crippen molar-refractivity contribution >= 4 is 17.7 Å². The third kappa shape index (κ3) is 10.2. The third-order valence-corrected chi connectivity index (χ3v) is 6.34. The zero-order chi connectivity index (χ0) is 22.8. The van der Waals surface area contributed by atoms with Crippen molar-refractivity contribution in [2.24, 2.45) is 16.7 Å². The van der Waals surface area contributed by atoms with Gasteiger partial charge in [-0.05, 0) is 40.7 Å². The molecule has 0 aromatic rings. The maximum Gasteiger partial charge on any atom is 0.310 e. The molecule has 0 saturated heterocycles. The van der Waals surface area contributed by atoms with Gasteiger partial charge in [-0.25, -0.2) is 0 Å². The van der Waals surface area contributed by atoms with Gasteiger partial charge in [0.05, 0.1) is 5.92 Å². The summed E-state index contributed by atoms with van der Waals surface area (Å²) in [5.41, 5.74) is 2.08. The van der Waals surface area contributed by atoms with Crippen molar-refractivity contribution in [1.82, 2.24) is 0 Å². The van der Waals surface area contributed by atoms with Crippen LogP contribution in [0.25, 0.3) is 11.1 Å². The number of unbranched alkanes of at least 4 members (excludes halogenated alkanes) is 5. The highest BCUT2D eigenvalue weighted by Gasteiger charge is 2.41. The molecule has 0 spiro atoms. The molecule has 0 heterocycles. The summed E-state index contributed by atoms with van der Waals surface area (Å²) in [5, 5.41) is 8.78. The first-order valence-corrected chi connectivity index (χ1v) is 12.7. The molecule has 30 heavy (non-hydrogen) atoms. The monoisotopic (exact) mass is 436 g/mol. The smallest absolute Gasteiger partial charge is 0.310 e. The number of phenols is 1. The maximum absolute atomic E-state index is 12.4. The van der Waals surface area contributed by atoms with Crippen molar-refractivity contribution in [3.05, 3.63) is 18.2 Å². The lowest BCUT2D eigenvalue weighted by Crippen LogP contribution is -2.40. The Labute approximate surface area is 189 Å². The van der Waals surface area contributed by atoms with Crippen LogP contribution in [0.5, 0.6) is 5.75 Å². The van der Waals surface area contributed by atoms with E-state index in [0.717, 1.165) is 11.3 Å². The van der Waals surface area contributed by atoms with Gasteiger partial charge in [-0.3, -0.25) is 4.79 Å². The van der Waals surface area contributed by atoms with Crippen molar-refractivity contribution in [3.8, 4) is 16.9 Å². The maximum atomic E-state index is 12.4. The Bertz CT molecular complexity index is 627. The average molecular weight is 437 g/mol. The van der Waals surface area contributed by atoms with E-state index in [1.54, 1.807) is 6.07 Å². The SMILES string of the molecule is CCCCCCCCSCCOC(=O)C(C(C)(C)C)C(C)(C)C.Oc1ccc2cc1-2. The topological polar surface area (TPSA) is 46.5 Å². The number of carbonyl (C=O) groups is 1. The molecule has 3 nitrogen and oxygen atoms in total. The highest BCUT2D eigenvalue weighted by molar-refractivity contribution is 7.99. The number of carbonyl (C=O) groups excluding carboxylic acids is 1. The molecule has 0 aromatic carbocycles. The molecule has 0 unspecified atom stereocenters. The Kier molecular flexibility index (Phi) is 11.3. The van der Waals surface area contributed by atoms with Gasteiger partial charge in [0.25, 0.3) is 0 Å². The van der Waals surface area contributed by atoms with E-state index in [0.29, 0.717) is 12.4 Å². The third-order valence-electron chi connectivity index (χ3n) is 5.31. The van der Waals surface area contributed by atoms with Gasteiger partial charge in [-0.15, -0.1) is 0 Å². The number of esters is 1. The molecule has 4 heteroatoms. The highest BCUT2D eigenvalue weighted by Crippen LogP contribution is 2.42. The first-order chi connectivity index (χ1) is 14.0. The molecular weight excluding hydrogens is 392 g/mol. The molecule has 2 aliphatic carbocycles. The quantitative estimate of drug-likeness (QED) is 0.289. The van der Waals surface area contributed by atoms with E-state index >= 15 is 0 Å². The molecular formula is C26H44O3S. The Hall–Kier alpha value is -1.16. The molecule has 0 saturated carbocycles. The van der Waals surface area contributed by atoms with Gasteiger partial charge in [-0.2, -0.15) is 11.8 Å². The van der Waals surface area contributed by atoms with Gasteiger partial charge in [-0.1, -0.05) is 86.6 Å². The molecule has 0 bridgehead atoms. The fourth-order valence-corrected chi connectivity index (χ4v) is 4.93. The van der Waals surface area contributed by atoms with Gasteiger partial charge in [0.15, 0.2) is 0 Å². The summed E-state index contributed by atoms with van der Waals surface area (Å²) < 4.78 is 5.56. The Balaban J connectivity index is 0.000000524. The molecule has 0 radical (unpaired) electrons. The number of thioether (sulfide) groups is 1. The Morgan fingerprint density at radius 2 is 1.57 bits per heavy atom. The summed E-state index contributed by atoms with van der Waals surface area (Å²) in [6.07, 6.45) is 8.04. The van der Waals surface area contributed by atoms with E-state index in [1.165, 1.54) is 49.8 Å². The molecule has 0 atom stereocenters. The normalized spacial score (nSPS) is 12.4. The predicted molar refractivity (Wildman–Crippen MR) is 131 cm³/mol. The standard InChI is InChI=1S/C20H40O2S.C6H4O/c1-8-9-10-11-12-13-15-23-16-14-22-18(21)17(19(2,3)4)20(5,6)7;7-6-2-1-4-3-5(4)6/h17H,8-16H2,1-7H3;1-3,7H. The zero-order valence-electron chi connectivity index (χ0n) is 20.3. The first kappa shape index (κ1) is 26.9. The summed E-state index contributed by atoms with van der Waals surface area (Å²) in [5.74, 6) is 2.42. The average Bonchev–Trinajstić information content (AvgIpc) is 3.31. The van der Waals surface area contributed by atoms with E-state index in [2.05, 4.69) is 48.5 Å². The predicted octanol–water partition coefficient (Wildman–Crippen LogP) is 7.70. The molecule has 2 aliphatic rings. The van der Waals surface area contributed by atoms with Crippen molar-refractivity contribution in [2.45, 2.75) is 87.0 Å². The van der Waals surface area contributed by atoms with Crippen molar-refractivity contribution in [3.63, 3.8) is 0 Å². The largest absolute Gasteiger partial charge is 0.507 e. The molecule has 0 aliphatic heterocycles. The molecule has 2 rings (SSSR count). The second-order valence-electron chi connectivity index (χ2n) is 10.4. The minimum atomic E-state index is -0.0708. The number of ether oxygens (including phenoxy) is 1. The van der Waals surface area contributed by atoms with Crippen LogP contribution < -0.4 is 0 Å². The first-order valence-electron chi connectivity index (χ1n) is 11.6. The van der Waals surface area contributed by atoms with Crippen LogP contribution in [0, 0.1) is 16.7 Å². The minimum absolute atomic E-state index is 0.0369. The van der Waals surface area contributed by atoms with E-state index in [4.69, 9.17) is 9.84 Å². The number of hydrogen-bond acceptors (Lipinski definition) is 4. The molecule has 1 N–H and O–H groups in total. The summed E-state index contributed by atoms with van der Waals surface area (Å²) in [7, 11) is 0. The van der Waals surface area contributed by atoms with Crippen LogP contribution in [0.1, 0.15) is 87.0 Å². The van der Waals surface area contributed by atoms with Crippen LogP contribution in [-0.4, -0.2) is 29.2 Å². The fourth-order valence-electron chi connectivity index (χ4n) is 4.11. The van der Waals surface area contributed by atoms with Crippen LogP contribution in [0.3, 0.4) is 0 Å². The van der Waals surface area contributed by atoms with Gasteiger partial charge < -0.3 is 9.84 Å². The fraction of sp³-hybridized carbons (Fsp3) is 0.731. The van der Waals surface area contributed by atoms with Gasteiger partial charge in [0.2, 0.25) is 0 Å². The van der Waals surface area contributed by atoms with Crippen LogP contribution in [0.15, 0.2) is 18.2 Å². The lowest BCUT2D eigenvalue weighted by atomic mass is 9.67. The van der Waals surface area contributed by atoms with Crippen LogP contribution in [0.2, 0.25) is 0 Å². The van der Waals surface area contributed by atoms with E-state index in [9.17, 15) is 4.79 Å². The minimum Gasteiger partial charge on any atom is -0.507 e. The van der Waals surface area contributed by atoms with Crippen molar-refractivity contribution in [1.29, 1.82) is 0 Å². The van der Waals surface area contributed by atoms with Gasteiger partial charge in [0.1, 0.15) is 12.4 Å². The molecule has 172 valence electrons. The molecule has 0 amide bonds. The number of fused-ring (bicyclic) bond motifs is 1. The van der Waals surface area contributed by atoms with Crippen molar-refractivity contribution < 1.29 is 14.6 Å². The van der Waals surface area contributed by atoms with E-state index in [-0.39, 0.29) is 22.7 Å². The second kappa shape index (κ2) is 12.6. The Morgan fingerprint density at radius 3 is 2.00 bits per heavy atom. The highest BCUT2D eigenvalue weighted by atomic mass is 32.2. The van der Waals surface area contributed by atoms with Crippen LogP contribution in [0.4, 0.5) is 0 Å².